The molecule has 6 nitrogen and oxygen atoms in total. The van der Waals surface area contributed by atoms with Gasteiger partial charge in [-0.25, -0.2) is 9.97 Å². The maximum Gasteiger partial charge on any atom is 0.124 e. The van der Waals surface area contributed by atoms with Crippen LogP contribution in [0.25, 0.3) is 44.3 Å². The molecule has 3 aromatic carbocycles. The predicted molar refractivity (Wildman–Crippen MR) is 149 cm³/mol. The highest BCUT2D eigenvalue weighted by molar-refractivity contribution is 5.84. The molecule has 5 rings (SSSR count). The third kappa shape index (κ3) is 4.54. The van der Waals surface area contributed by atoms with E-state index in [2.05, 4.69) is 112 Å². The van der Waals surface area contributed by atoms with Crippen LogP contribution in [-0.2, 0) is 0 Å². The number of benzene rings is 3. The SMILES string of the molecule is CC(C)(C)[C@H](N)c1nc2ccc(-c3ccc(-c4ccc5nc([C@@H](N)C(C)(C)C)[nH]c5c4)cc3)cc2[nH]1. The van der Waals surface area contributed by atoms with Crippen molar-refractivity contribution in [2.24, 2.45) is 22.3 Å². The molecule has 5 aromatic rings. The van der Waals surface area contributed by atoms with Crippen molar-refractivity contribution in [3.05, 3.63) is 72.3 Å². The molecule has 6 N–H and O–H groups in total. The lowest BCUT2D eigenvalue weighted by Gasteiger charge is -2.24. The Kier molecular flexibility index (Phi) is 5.77. The Balaban J connectivity index is 1.41. The second-order valence-corrected chi connectivity index (χ2v) is 12.0. The van der Waals surface area contributed by atoms with Gasteiger partial charge < -0.3 is 21.4 Å². The quantitative estimate of drug-likeness (QED) is 0.225. The highest BCUT2D eigenvalue weighted by Crippen LogP contribution is 2.33. The molecule has 6 heteroatoms. The normalized spacial score (nSPS) is 14.4. The molecule has 0 bridgehead atoms. The molecule has 0 saturated carbocycles. The van der Waals surface area contributed by atoms with Gasteiger partial charge in [0.05, 0.1) is 34.2 Å². The van der Waals surface area contributed by atoms with Crippen LogP contribution < -0.4 is 11.5 Å². The first-order valence-electron chi connectivity index (χ1n) is 12.5. The van der Waals surface area contributed by atoms with Gasteiger partial charge in [0.25, 0.3) is 0 Å². The summed E-state index contributed by atoms with van der Waals surface area (Å²) in [5, 5.41) is 0. The number of rotatable bonds is 4. The maximum absolute atomic E-state index is 6.42. The number of hydrogen-bond donors (Lipinski definition) is 4. The van der Waals surface area contributed by atoms with Gasteiger partial charge in [0.2, 0.25) is 0 Å². The number of nitrogens with zero attached hydrogens (tertiary/aromatic N) is 2. The summed E-state index contributed by atoms with van der Waals surface area (Å²) in [5.41, 5.74) is 21.2. The minimum absolute atomic E-state index is 0.0636. The molecule has 0 saturated heterocycles. The van der Waals surface area contributed by atoms with Gasteiger partial charge in [-0.15, -0.1) is 0 Å². The van der Waals surface area contributed by atoms with Gasteiger partial charge in [0.1, 0.15) is 11.6 Å². The van der Waals surface area contributed by atoms with Gasteiger partial charge in [-0.2, -0.15) is 0 Å². The van der Waals surface area contributed by atoms with E-state index in [4.69, 9.17) is 21.4 Å². The lowest BCUT2D eigenvalue weighted by Crippen LogP contribution is -2.27. The van der Waals surface area contributed by atoms with Crippen molar-refractivity contribution < 1.29 is 0 Å². The van der Waals surface area contributed by atoms with E-state index < -0.39 is 0 Å². The van der Waals surface area contributed by atoms with Crippen molar-refractivity contribution in [3.63, 3.8) is 0 Å². The Morgan fingerprint density at radius 2 is 0.889 bits per heavy atom. The van der Waals surface area contributed by atoms with E-state index in [0.29, 0.717) is 0 Å². The zero-order chi connectivity index (χ0) is 25.8. The van der Waals surface area contributed by atoms with Crippen LogP contribution >= 0.6 is 0 Å². The molecule has 2 aromatic heterocycles. The Hall–Kier alpha value is -3.48. The van der Waals surface area contributed by atoms with Crippen molar-refractivity contribution in [2.45, 2.75) is 53.6 Å². The van der Waals surface area contributed by atoms with Crippen LogP contribution in [-0.4, -0.2) is 19.9 Å². The summed E-state index contributed by atoms with van der Waals surface area (Å²) in [5.74, 6) is 1.65. The molecule has 2 heterocycles. The minimum atomic E-state index is -0.153. The Morgan fingerprint density at radius 3 is 1.22 bits per heavy atom. The second-order valence-electron chi connectivity index (χ2n) is 12.0. The summed E-state index contributed by atoms with van der Waals surface area (Å²) in [7, 11) is 0. The monoisotopic (exact) mass is 480 g/mol. The number of aromatic nitrogens is 4. The van der Waals surface area contributed by atoms with E-state index in [-0.39, 0.29) is 22.9 Å². The standard InChI is InChI=1S/C30H36N6/c1-29(2,3)25(31)27-33-21-13-11-19(15-23(21)35-27)17-7-9-18(10-8-17)20-12-14-22-24(16-20)36-28(34-22)26(32)30(4,5)6/h7-16,25-26H,31-32H2,1-6H3,(H,33,35)(H,34,36)/t25-,26-/m1/s1. The van der Waals surface area contributed by atoms with Crippen LogP contribution in [0, 0.1) is 10.8 Å². The van der Waals surface area contributed by atoms with Crippen molar-refractivity contribution in [1.29, 1.82) is 0 Å². The van der Waals surface area contributed by atoms with Crippen LogP contribution in [0.2, 0.25) is 0 Å². The van der Waals surface area contributed by atoms with E-state index in [1.54, 1.807) is 0 Å². The fraction of sp³-hybridized carbons (Fsp3) is 0.333. The summed E-state index contributed by atoms with van der Waals surface area (Å²) < 4.78 is 0. The van der Waals surface area contributed by atoms with Crippen molar-refractivity contribution in [2.75, 3.05) is 0 Å². The topological polar surface area (TPSA) is 109 Å². The lowest BCUT2D eigenvalue weighted by molar-refractivity contribution is 0.317. The Labute approximate surface area is 212 Å². The number of imidazole rings is 2. The van der Waals surface area contributed by atoms with Crippen LogP contribution in [0.4, 0.5) is 0 Å². The molecular formula is C30H36N6. The zero-order valence-corrected chi connectivity index (χ0v) is 22.0. The first kappa shape index (κ1) is 24.2. The van der Waals surface area contributed by atoms with Crippen LogP contribution in [0.15, 0.2) is 60.7 Å². The minimum Gasteiger partial charge on any atom is -0.341 e. The average Bonchev–Trinajstić information content (AvgIpc) is 3.45. The summed E-state index contributed by atoms with van der Waals surface area (Å²) >= 11 is 0. The highest BCUT2D eigenvalue weighted by Gasteiger charge is 2.26. The molecule has 2 atom stereocenters. The van der Waals surface area contributed by atoms with Crippen LogP contribution in [0.3, 0.4) is 0 Å². The van der Waals surface area contributed by atoms with Crippen molar-refractivity contribution in [3.8, 4) is 22.3 Å². The molecule has 0 radical (unpaired) electrons. The number of nitrogens with one attached hydrogen (secondary N) is 2. The number of aromatic amines is 2. The molecular weight excluding hydrogens is 444 g/mol. The highest BCUT2D eigenvalue weighted by atomic mass is 15.0. The third-order valence-electron chi connectivity index (χ3n) is 7.01. The fourth-order valence-corrected chi connectivity index (χ4v) is 4.39. The number of fused-ring (bicyclic) bond motifs is 2. The lowest BCUT2D eigenvalue weighted by atomic mass is 9.87. The predicted octanol–water partition coefficient (Wildman–Crippen LogP) is 6.87. The largest absolute Gasteiger partial charge is 0.341 e. The first-order chi connectivity index (χ1) is 16.9. The van der Waals surface area contributed by atoms with Crippen LogP contribution in [0.1, 0.15) is 65.3 Å². The number of nitrogens with two attached hydrogens (primary N) is 2. The van der Waals surface area contributed by atoms with E-state index in [0.717, 1.165) is 56.0 Å². The van der Waals surface area contributed by atoms with Gasteiger partial charge >= 0.3 is 0 Å². The Bertz CT molecular complexity index is 1410. The zero-order valence-electron chi connectivity index (χ0n) is 22.0. The summed E-state index contributed by atoms with van der Waals surface area (Å²) in [6.45, 7) is 12.8. The third-order valence-corrected chi connectivity index (χ3v) is 7.01. The van der Waals surface area contributed by atoms with E-state index in [1.807, 2.05) is 0 Å². The van der Waals surface area contributed by atoms with Gasteiger partial charge in [-0.1, -0.05) is 77.9 Å². The molecule has 0 fully saturated rings. The second kappa shape index (κ2) is 8.57. The molecule has 0 aliphatic rings. The van der Waals surface area contributed by atoms with Gasteiger partial charge in [-0.05, 0) is 57.3 Å². The molecule has 0 amide bonds. The van der Waals surface area contributed by atoms with Crippen molar-refractivity contribution in [1.82, 2.24) is 19.9 Å². The molecule has 0 aliphatic heterocycles. The molecule has 186 valence electrons. The van der Waals surface area contributed by atoms with Crippen molar-refractivity contribution >= 4 is 22.1 Å². The summed E-state index contributed by atoms with van der Waals surface area (Å²) in [4.78, 5) is 16.3. The molecule has 36 heavy (non-hydrogen) atoms. The maximum atomic E-state index is 6.42. The first-order valence-corrected chi connectivity index (χ1v) is 12.5. The Morgan fingerprint density at radius 1 is 0.556 bits per heavy atom. The van der Waals surface area contributed by atoms with E-state index >= 15 is 0 Å². The molecule has 0 spiro atoms. The van der Waals surface area contributed by atoms with Gasteiger partial charge in [0, 0.05) is 0 Å². The number of hydrogen-bond acceptors (Lipinski definition) is 4. The van der Waals surface area contributed by atoms with Gasteiger partial charge in [-0.3, -0.25) is 0 Å². The smallest absolute Gasteiger partial charge is 0.124 e. The number of H-pyrrole nitrogens is 2. The van der Waals surface area contributed by atoms with Gasteiger partial charge in [0.15, 0.2) is 0 Å². The van der Waals surface area contributed by atoms with E-state index in [1.165, 1.54) is 0 Å². The fourth-order valence-electron chi connectivity index (χ4n) is 4.39. The van der Waals surface area contributed by atoms with Crippen LogP contribution in [0.5, 0.6) is 0 Å². The van der Waals surface area contributed by atoms with E-state index in [9.17, 15) is 0 Å². The molecule has 0 aliphatic carbocycles. The molecule has 0 unspecified atom stereocenters. The average molecular weight is 481 g/mol. The summed E-state index contributed by atoms with van der Waals surface area (Å²) in [6.07, 6.45) is 0. The summed E-state index contributed by atoms with van der Waals surface area (Å²) in [6, 6.07) is 21.0.